The summed E-state index contributed by atoms with van der Waals surface area (Å²) in [4.78, 5) is 23.3. The van der Waals surface area contributed by atoms with E-state index in [2.05, 4.69) is 5.32 Å². The van der Waals surface area contributed by atoms with Crippen LogP contribution in [0.15, 0.2) is 24.3 Å². The minimum Gasteiger partial charge on any atom is -0.479 e. The van der Waals surface area contributed by atoms with Gasteiger partial charge in [-0.1, -0.05) is 12.1 Å². The lowest BCUT2D eigenvalue weighted by atomic mass is 9.98. The topological polar surface area (TPSA) is 66.4 Å². The molecule has 1 saturated heterocycles. The molecule has 22 heavy (non-hydrogen) atoms. The van der Waals surface area contributed by atoms with Gasteiger partial charge in [0.15, 0.2) is 0 Å². The van der Waals surface area contributed by atoms with Crippen LogP contribution >= 0.6 is 11.8 Å². The van der Waals surface area contributed by atoms with Crippen LogP contribution < -0.4 is 5.32 Å². The predicted molar refractivity (Wildman–Crippen MR) is 75.6 cm³/mol. The van der Waals surface area contributed by atoms with Gasteiger partial charge in [-0.15, -0.1) is 0 Å². The largest absolute Gasteiger partial charge is 0.479 e. The van der Waals surface area contributed by atoms with Crippen molar-refractivity contribution >= 4 is 23.6 Å². The molecule has 1 fully saturated rings. The van der Waals surface area contributed by atoms with Crippen LogP contribution in [-0.4, -0.2) is 34.0 Å². The van der Waals surface area contributed by atoms with Crippen molar-refractivity contribution in [1.82, 2.24) is 5.32 Å². The van der Waals surface area contributed by atoms with Crippen molar-refractivity contribution in [2.75, 3.05) is 11.5 Å². The zero-order valence-electron chi connectivity index (χ0n) is 11.4. The summed E-state index contributed by atoms with van der Waals surface area (Å²) < 4.78 is 37.3. The second-order valence-electron chi connectivity index (χ2n) is 5.11. The Kier molecular flexibility index (Phi) is 4.69. The van der Waals surface area contributed by atoms with E-state index >= 15 is 0 Å². The Labute approximate surface area is 129 Å². The first kappa shape index (κ1) is 16.7. The normalized spacial score (nSPS) is 21.6. The maximum Gasteiger partial charge on any atom is 0.416 e. The molecule has 1 heterocycles. The molecule has 1 aliphatic heterocycles. The molecule has 0 radical (unpaired) electrons. The van der Waals surface area contributed by atoms with Crippen LogP contribution in [0.3, 0.4) is 0 Å². The molecule has 2 rings (SSSR count). The number of carbonyl (C=O) groups excluding carboxylic acids is 1. The second kappa shape index (κ2) is 6.20. The summed E-state index contributed by atoms with van der Waals surface area (Å²) in [5.41, 5.74) is -1.66. The van der Waals surface area contributed by atoms with Crippen LogP contribution in [0.25, 0.3) is 0 Å². The Balaban J connectivity index is 2.01. The molecule has 1 aromatic rings. The SMILES string of the molecule is O=C(Cc1ccc(C(F)(F)F)cc1)NC1(C(=O)O)CCSC1. The van der Waals surface area contributed by atoms with Crippen LogP contribution in [0, 0.1) is 0 Å². The van der Waals surface area contributed by atoms with E-state index in [0.29, 0.717) is 23.5 Å². The van der Waals surface area contributed by atoms with E-state index in [4.69, 9.17) is 0 Å². The summed E-state index contributed by atoms with van der Waals surface area (Å²) in [6, 6.07) is 4.25. The molecule has 1 unspecified atom stereocenters. The number of amides is 1. The summed E-state index contributed by atoms with van der Waals surface area (Å²) >= 11 is 1.44. The Bertz CT molecular complexity index is 566. The highest BCUT2D eigenvalue weighted by Gasteiger charge is 2.43. The molecule has 120 valence electrons. The molecular formula is C14H14F3NO3S. The van der Waals surface area contributed by atoms with Crippen molar-refractivity contribution in [3.8, 4) is 0 Å². The van der Waals surface area contributed by atoms with Gasteiger partial charge in [0.25, 0.3) is 0 Å². The van der Waals surface area contributed by atoms with Gasteiger partial charge in [-0.25, -0.2) is 4.79 Å². The Morgan fingerprint density at radius 3 is 2.36 bits per heavy atom. The van der Waals surface area contributed by atoms with Gasteiger partial charge in [0, 0.05) is 5.75 Å². The lowest BCUT2D eigenvalue weighted by Gasteiger charge is -2.24. The van der Waals surface area contributed by atoms with Gasteiger partial charge in [0.05, 0.1) is 12.0 Å². The third-order valence-corrected chi connectivity index (χ3v) is 4.65. The van der Waals surface area contributed by atoms with E-state index in [1.54, 1.807) is 0 Å². The molecule has 0 saturated carbocycles. The van der Waals surface area contributed by atoms with Crippen molar-refractivity contribution in [2.45, 2.75) is 24.6 Å². The standard InChI is InChI=1S/C14H14F3NO3S/c15-14(16,17)10-3-1-9(2-4-10)7-11(19)18-13(12(20)21)5-6-22-8-13/h1-4H,5-8H2,(H,18,19)(H,20,21). The highest BCUT2D eigenvalue weighted by molar-refractivity contribution is 7.99. The number of carboxylic acids is 1. The number of carboxylic acid groups (broad SMARTS) is 1. The summed E-state index contributed by atoms with van der Waals surface area (Å²) in [5.74, 6) is -0.656. The summed E-state index contributed by atoms with van der Waals surface area (Å²) in [5, 5.41) is 11.8. The minimum absolute atomic E-state index is 0.155. The summed E-state index contributed by atoms with van der Waals surface area (Å²) in [6.07, 6.45) is -4.24. The molecule has 0 aromatic heterocycles. The molecule has 1 aliphatic rings. The Hall–Kier alpha value is -1.70. The second-order valence-corrected chi connectivity index (χ2v) is 6.21. The average molecular weight is 333 g/mol. The molecule has 8 heteroatoms. The number of hydrogen-bond acceptors (Lipinski definition) is 3. The molecular weight excluding hydrogens is 319 g/mol. The van der Waals surface area contributed by atoms with Crippen LogP contribution in [0.5, 0.6) is 0 Å². The first-order valence-electron chi connectivity index (χ1n) is 6.51. The van der Waals surface area contributed by atoms with Gasteiger partial charge >= 0.3 is 12.1 Å². The number of carbonyl (C=O) groups is 2. The van der Waals surface area contributed by atoms with Crippen LogP contribution in [0.2, 0.25) is 0 Å². The third kappa shape index (κ3) is 3.73. The number of aliphatic carboxylic acids is 1. The summed E-state index contributed by atoms with van der Waals surface area (Å²) in [6.45, 7) is 0. The fourth-order valence-electron chi connectivity index (χ4n) is 2.19. The smallest absolute Gasteiger partial charge is 0.416 e. The Morgan fingerprint density at radius 2 is 1.91 bits per heavy atom. The first-order valence-corrected chi connectivity index (χ1v) is 7.67. The number of thioether (sulfide) groups is 1. The highest BCUT2D eigenvalue weighted by atomic mass is 32.2. The zero-order chi connectivity index (χ0) is 16.4. The minimum atomic E-state index is -4.42. The van der Waals surface area contributed by atoms with Crippen molar-refractivity contribution < 1.29 is 27.9 Å². The van der Waals surface area contributed by atoms with Crippen LogP contribution in [0.1, 0.15) is 17.5 Å². The van der Waals surface area contributed by atoms with Gasteiger partial charge in [-0.05, 0) is 29.9 Å². The number of hydrogen-bond donors (Lipinski definition) is 2. The molecule has 1 amide bonds. The molecule has 4 nitrogen and oxygen atoms in total. The first-order chi connectivity index (χ1) is 10.2. The molecule has 2 N–H and O–H groups in total. The lowest BCUT2D eigenvalue weighted by Crippen LogP contribution is -2.55. The molecule has 0 aliphatic carbocycles. The highest BCUT2D eigenvalue weighted by Crippen LogP contribution is 2.30. The fraction of sp³-hybridized carbons (Fsp3) is 0.429. The van der Waals surface area contributed by atoms with Crippen LogP contribution in [0.4, 0.5) is 13.2 Å². The maximum absolute atomic E-state index is 12.4. The molecule has 0 bridgehead atoms. The summed E-state index contributed by atoms with van der Waals surface area (Å²) in [7, 11) is 0. The van der Waals surface area contributed by atoms with Gasteiger partial charge in [-0.3, -0.25) is 4.79 Å². The van der Waals surface area contributed by atoms with Crippen molar-refractivity contribution in [3.05, 3.63) is 35.4 Å². The molecule has 0 spiro atoms. The monoisotopic (exact) mass is 333 g/mol. The van der Waals surface area contributed by atoms with Gasteiger partial charge in [0.2, 0.25) is 5.91 Å². The van der Waals surface area contributed by atoms with Gasteiger partial charge in [-0.2, -0.15) is 24.9 Å². The number of halogens is 3. The van der Waals surface area contributed by atoms with Gasteiger partial charge in [0.1, 0.15) is 5.54 Å². The van der Waals surface area contributed by atoms with E-state index in [0.717, 1.165) is 12.1 Å². The molecule has 1 aromatic carbocycles. The van der Waals surface area contributed by atoms with Crippen LogP contribution in [-0.2, 0) is 22.2 Å². The number of alkyl halides is 3. The number of nitrogens with one attached hydrogen (secondary N) is 1. The lowest BCUT2D eigenvalue weighted by molar-refractivity contribution is -0.146. The molecule has 1 atom stereocenters. The van der Waals surface area contributed by atoms with E-state index in [9.17, 15) is 27.9 Å². The van der Waals surface area contributed by atoms with Crippen molar-refractivity contribution in [2.24, 2.45) is 0 Å². The van der Waals surface area contributed by atoms with Crippen molar-refractivity contribution in [1.29, 1.82) is 0 Å². The average Bonchev–Trinajstić information content (AvgIpc) is 2.88. The zero-order valence-corrected chi connectivity index (χ0v) is 12.3. The number of benzene rings is 1. The van der Waals surface area contributed by atoms with E-state index in [-0.39, 0.29) is 6.42 Å². The maximum atomic E-state index is 12.4. The number of rotatable bonds is 4. The van der Waals surface area contributed by atoms with E-state index in [1.165, 1.54) is 23.9 Å². The van der Waals surface area contributed by atoms with E-state index in [1.807, 2.05) is 0 Å². The van der Waals surface area contributed by atoms with Gasteiger partial charge < -0.3 is 10.4 Å². The van der Waals surface area contributed by atoms with Crippen molar-refractivity contribution in [3.63, 3.8) is 0 Å². The fourth-order valence-corrected chi connectivity index (χ4v) is 3.52. The van der Waals surface area contributed by atoms with E-state index < -0.39 is 29.2 Å². The quantitative estimate of drug-likeness (QED) is 0.887. The third-order valence-electron chi connectivity index (χ3n) is 3.46. The Morgan fingerprint density at radius 1 is 1.27 bits per heavy atom. The predicted octanol–water partition coefficient (Wildman–Crippen LogP) is 2.32.